The van der Waals surface area contributed by atoms with Crippen molar-refractivity contribution in [3.05, 3.63) is 53.7 Å². The topological polar surface area (TPSA) is 43.1 Å². The summed E-state index contributed by atoms with van der Waals surface area (Å²) in [6.07, 6.45) is 3.69. The summed E-state index contributed by atoms with van der Waals surface area (Å²) in [5.74, 6) is -0.338. The van der Waals surface area contributed by atoms with Crippen molar-refractivity contribution in [2.75, 3.05) is 0 Å². The number of benzene rings is 1. The number of aldehydes is 1. The van der Waals surface area contributed by atoms with Crippen LogP contribution in [0, 0.1) is 5.82 Å². The second-order valence-electron chi connectivity index (χ2n) is 3.15. The molecule has 0 aliphatic rings. The average Bonchev–Trinajstić information content (AvgIpc) is 2.80. The molecule has 3 nitrogen and oxygen atoms in total. The van der Waals surface area contributed by atoms with E-state index < -0.39 is 0 Å². The van der Waals surface area contributed by atoms with Gasteiger partial charge in [0.05, 0.1) is 0 Å². The van der Waals surface area contributed by atoms with Gasteiger partial charge >= 0.3 is 0 Å². The molecule has 0 N–H and O–H groups in total. The van der Waals surface area contributed by atoms with Crippen molar-refractivity contribution < 1.29 is 13.7 Å². The molecule has 0 spiro atoms. The van der Waals surface area contributed by atoms with E-state index in [2.05, 4.69) is 9.68 Å². The lowest BCUT2D eigenvalue weighted by atomic mass is 10.1. The maximum Gasteiger partial charge on any atom is 0.150 e. The smallest absolute Gasteiger partial charge is 0.150 e. The van der Waals surface area contributed by atoms with E-state index in [1.807, 2.05) is 0 Å². The van der Waals surface area contributed by atoms with Crippen LogP contribution in [-0.4, -0.2) is 11.4 Å². The van der Waals surface area contributed by atoms with Crippen LogP contribution in [0.5, 0.6) is 0 Å². The van der Waals surface area contributed by atoms with Gasteiger partial charge in [-0.05, 0) is 23.8 Å². The SMILES string of the molecule is O=C/C(=C\c1ccon1)c1ccc(F)cc1. The summed E-state index contributed by atoms with van der Waals surface area (Å²) in [5, 5.41) is 3.66. The number of nitrogens with zero attached hydrogens (tertiary/aromatic N) is 1. The van der Waals surface area contributed by atoms with Crippen LogP contribution in [-0.2, 0) is 4.79 Å². The largest absolute Gasteiger partial charge is 0.364 e. The Hall–Kier alpha value is -2.23. The molecule has 0 aliphatic carbocycles. The Kier molecular flexibility index (Phi) is 2.91. The highest BCUT2D eigenvalue weighted by Gasteiger charge is 2.02. The average molecular weight is 217 g/mol. The van der Waals surface area contributed by atoms with Crippen LogP contribution in [0.1, 0.15) is 11.3 Å². The van der Waals surface area contributed by atoms with Crippen LogP contribution in [0.3, 0.4) is 0 Å². The highest BCUT2D eigenvalue weighted by Crippen LogP contribution is 2.15. The fourth-order valence-corrected chi connectivity index (χ4v) is 1.28. The highest BCUT2D eigenvalue weighted by atomic mass is 19.1. The van der Waals surface area contributed by atoms with E-state index in [0.717, 1.165) is 0 Å². The molecule has 1 heterocycles. The molecule has 0 radical (unpaired) electrons. The van der Waals surface area contributed by atoms with Crippen molar-refractivity contribution in [1.82, 2.24) is 5.16 Å². The summed E-state index contributed by atoms with van der Waals surface area (Å²) in [5.41, 5.74) is 1.61. The summed E-state index contributed by atoms with van der Waals surface area (Å²) in [6, 6.07) is 7.31. The second-order valence-corrected chi connectivity index (χ2v) is 3.15. The molecule has 0 fully saturated rings. The maximum atomic E-state index is 12.7. The zero-order valence-corrected chi connectivity index (χ0v) is 8.26. The summed E-state index contributed by atoms with van der Waals surface area (Å²) in [7, 11) is 0. The molecule has 0 saturated heterocycles. The van der Waals surface area contributed by atoms with Gasteiger partial charge in [-0.2, -0.15) is 0 Å². The Balaban J connectivity index is 2.36. The van der Waals surface area contributed by atoms with Gasteiger partial charge < -0.3 is 4.52 Å². The Morgan fingerprint density at radius 3 is 2.56 bits per heavy atom. The first-order chi connectivity index (χ1) is 7.79. The van der Waals surface area contributed by atoms with Crippen molar-refractivity contribution in [2.45, 2.75) is 0 Å². The van der Waals surface area contributed by atoms with Crippen LogP contribution in [0.15, 0.2) is 41.1 Å². The number of aromatic nitrogens is 1. The quantitative estimate of drug-likeness (QED) is 0.586. The number of rotatable bonds is 3. The molecule has 2 rings (SSSR count). The van der Waals surface area contributed by atoms with Crippen molar-refractivity contribution in [3.63, 3.8) is 0 Å². The standard InChI is InChI=1S/C12H8FNO2/c13-11-3-1-9(2-4-11)10(8-15)7-12-5-6-16-14-12/h1-8H/b10-7+. The first-order valence-electron chi connectivity index (χ1n) is 4.63. The molecule has 0 aliphatic heterocycles. The third-order valence-electron chi connectivity index (χ3n) is 2.07. The van der Waals surface area contributed by atoms with E-state index in [1.54, 1.807) is 12.1 Å². The van der Waals surface area contributed by atoms with Gasteiger partial charge in [0, 0.05) is 11.6 Å². The van der Waals surface area contributed by atoms with Gasteiger partial charge in [-0.3, -0.25) is 4.79 Å². The van der Waals surface area contributed by atoms with E-state index in [-0.39, 0.29) is 5.82 Å². The predicted octanol–water partition coefficient (Wildman–Crippen LogP) is 2.55. The molecule has 0 amide bonds. The van der Waals surface area contributed by atoms with Gasteiger partial charge in [0.1, 0.15) is 17.8 Å². The lowest BCUT2D eigenvalue weighted by molar-refractivity contribution is -0.103. The zero-order chi connectivity index (χ0) is 11.4. The van der Waals surface area contributed by atoms with E-state index in [0.29, 0.717) is 23.1 Å². The minimum absolute atomic E-state index is 0.338. The Morgan fingerprint density at radius 1 is 1.25 bits per heavy atom. The normalized spacial score (nSPS) is 11.4. The summed E-state index contributed by atoms with van der Waals surface area (Å²) >= 11 is 0. The fraction of sp³-hybridized carbons (Fsp3) is 0. The fourth-order valence-electron chi connectivity index (χ4n) is 1.28. The van der Waals surface area contributed by atoms with Gasteiger partial charge in [0.25, 0.3) is 0 Å². The van der Waals surface area contributed by atoms with Crippen LogP contribution in [0.25, 0.3) is 11.6 Å². The summed E-state index contributed by atoms with van der Waals surface area (Å²) in [6.45, 7) is 0. The molecule has 2 aromatic rings. The van der Waals surface area contributed by atoms with Gasteiger partial charge in [-0.15, -0.1) is 0 Å². The molecule has 16 heavy (non-hydrogen) atoms. The predicted molar refractivity (Wildman–Crippen MR) is 56.8 cm³/mol. The molecular formula is C12H8FNO2. The molecule has 4 heteroatoms. The van der Waals surface area contributed by atoms with Gasteiger partial charge in [-0.25, -0.2) is 4.39 Å². The lowest BCUT2D eigenvalue weighted by Crippen LogP contribution is -1.86. The Bertz CT molecular complexity index is 500. The lowest BCUT2D eigenvalue weighted by Gasteiger charge is -1.98. The van der Waals surface area contributed by atoms with Gasteiger partial charge in [0.2, 0.25) is 0 Å². The molecule has 1 aromatic heterocycles. The van der Waals surface area contributed by atoms with E-state index >= 15 is 0 Å². The van der Waals surface area contributed by atoms with E-state index in [9.17, 15) is 9.18 Å². The molecule has 1 aromatic carbocycles. The van der Waals surface area contributed by atoms with E-state index in [1.165, 1.54) is 30.5 Å². The second kappa shape index (κ2) is 4.53. The molecule has 0 bridgehead atoms. The molecular weight excluding hydrogens is 209 g/mol. The third-order valence-corrected chi connectivity index (χ3v) is 2.07. The highest BCUT2D eigenvalue weighted by molar-refractivity contribution is 6.13. The van der Waals surface area contributed by atoms with Gasteiger partial charge in [-0.1, -0.05) is 17.3 Å². The van der Waals surface area contributed by atoms with Crippen molar-refractivity contribution in [2.24, 2.45) is 0 Å². The summed E-state index contributed by atoms with van der Waals surface area (Å²) in [4.78, 5) is 10.9. The molecule has 0 unspecified atom stereocenters. The number of allylic oxidation sites excluding steroid dienone is 1. The third kappa shape index (κ3) is 2.23. The molecule has 0 atom stereocenters. The van der Waals surface area contributed by atoms with Crippen LogP contribution in [0.2, 0.25) is 0 Å². The van der Waals surface area contributed by atoms with Crippen molar-refractivity contribution >= 4 is 17.9 Å². The number of hydrogen-bond donors (Lipinski definition) is 0. The number of carbonyl (C=O) groups excluding carboxylic acids is 1. The van der Waals surface area contributed by atoms with Crippen LogP contribution >= 0.6 is 0 Å². The number of halogens is 1. The van der Waals surface area contributed by atoms with E-state index in [4.69, 9.17) is 0 Å². The van der Waals surface area contributed by atoms with Crippen molar-refractivity contribution in [1.29, 1.82) is 0 Å². The number of hydrogen-bond acceptors (Lipinski definition) is 3. The van der Waals surface area contributed by atoms with Gasteiger partial charge in [0.15, 0.2) is 6.29 Å². The number of carbonyl (C=O) groups is 1. The molecule has 0 saturated carbocycles. The maximum absolute atomic E-state index is 12.7. The first kappa shape index (κ1) is 10.3. The zero-order valence-electron chi connectivity index (χ0n) is 8.26. The molecule has 80 valence electrons. The van der Waals surface area contributed by atoms with Crippen LogP contribution in [0.4, 0.5) is 4.39 Å². The Morgan fingerprint density at radius 2 is 2.00 bits per heavy atom. The monoisotopic (exact) mass is 217 g/mol. The summed E-state index contributed by atoms with van der Waals surface area (Å²) < 4.78 is 17.3. The Labute approximate surface area is 91.2 Å². The minimum atomic E-state index is -0.338. The minimum Gasteiger partial charge on any atom is -0.364 e. The van der Waals surface area contributed by atoms with Crippen LogP contribution < -0.4 is 0 Å². The van der Waals surface area contributed by atoms with Crippen molar-refractivity contribution in [3.8, 4) is 0 Å². The first-order valence-corrected chi connectivity index (χ1v) is 4.63.